The van der Waals surface area contributed by atoms with Crippen LogP contribution in [0.2, 0.25) is 10.0 Å². The van der Waals surface area contributed by atoms with E-state index in [0.717, 1.165) is 18.5 Å². The summed E-state index contributed by atoms with van der Waals surface area (Å²) in [5.74, 6) is 1.28. The highest BCUT2D eigenvalue weighted by Crippen LogP contribution is 2.27. The van der Waals surface area contributed by atoms with Crippen molar-refractivity contribution in [3.8, 4) is 0 Å². The Hall–Kier alpha value is -1.10. The minimum atomic E-state index is 0.162. The zero-order valence-corrected chi connectivity index (χ0v) is 13.1. The Balaban J connectivity index is 1.75. The Morgan fingerprint density at radius 3 is 2.81 bits per heavy atom. The lowest BCUT2D eigenvalue weighted by atomic mass is 10.1. The van der Waals surface area contributed by atoms with E-state index in [2.05, 4.69) is 15.5 Å². The van der Waals surface area contributed by atoms with Gasteiger partial charge < -0.3 is 9.84 Å². The molecule has 1 N–H and O–H groups in total. The van der Waals surface area contributed by atoms with Crippen molar-refractivity contribution in [1.82, 2.24) is 15.5 Å². The van der Waals surface area contributed by atoms with E-state index in [1.54, 1.807) is 0 Å². The van der Waals surface area contributed by atoms with Crippen LogP contribution in [0.1, 0.15) is 49.0 Å². The molecule has 0 radical (unpaired) electrons. The summed E-state index contributed by atoms with van der Waals surface area (Å²) in [5.41, 5.74) is 0.835. The number of halogens is 2. The normalized spacial score (nSPS) is 19.4. The third-order valence-electron chi connectivity index (χ3n) is 3.74. The maximum atomic E-state index is 6.17. The van der Waals surface area contributed by atoms with Gasteiger partial charge in [-0.25, -0.2) is 0 Å². The highest BCUT2D eigenvalue weighted by Gasteiger charge is 2.20. The van der Waals surface area contributed by atoms with Gasteiger partial charge in [-0.2, -0.15) is 4.98 Å². The lowest BCUT2D eigenvalue weighted by Gasteiger charge is -2.09. The molecule has 2 heterocycles. The van der Waals surface area contributed by atoms with Crippen LogP contribution < -0.4 is 5.32 Å². The standard InChI is InChI=1S/C15H17Cl2N3O/c16-11-5-4-6-12(17)10(11)9-14-19-15(21-20-14)13-7-2-1-3-8-18-13/h4-6,13,18H,1-3,7-9H2. The first-order chi connectivity index (χ1) is 10.2. The molecule has 3 rings (SSSR count). The van der Waals surface area contributed by atoms with Crippen LogP contribution in [0.4, 0.5) is 0 Å². The Morgan fingerprint density at radius 1 is 1.19 bits per heavy atom. The van der Waals surface area contributed by atoms with E-state index in [4.69, 9.17) is 27.7 Å². The zero-order valence-electron chi connectivity index (χ0n) is 11.6. The first-order valence-corrected chi connectivity index (χ1v) is 7.98. The molecule has 1 aliphatic rings. The fourth-order valence-corrected chi connectivity index (χ4v) is 3.11. The Bertz CT molecular complexity index is 586. The second-order valence-electron chi connectivity index (χ2n) is 5.28. The summed E-state index contributed by atoms with van der Waals surface area (Å²) < 4.78 is 5.40. The summed E-state index contributed by atoms with van der Waals surface area (Å²) in [5, 5.41) is 8.76. The van der Waals surface area contributed by atoms with Crippen molar-refractivity contribution in [2.75, 3.05) is 6.54 Å². The highest BCUT2D eigenvalue weighted by molar-refractivity contribution is 6.36. The van der Waals surface area contributed by atoms with Gasteiger partial charge in [-0.15, -0.1) is 0 Å². The molecule has 2 aromatic rings. The summed E-state index contributed by atoms with van der Waals surface area (Å²) in [6.45, 7) is 0.999. The van der Waals surface area contributed by atoms with Crippen molar-refractivity contribution in [3.63, 3.8) is 0 Å². The van der Waals surface area contributed by atoms with Crippen molar-refractivity contribution in [3.05, 3.63) is 45.5 Å². The SMILES string of the molecule is Clc1cccc(Cl)c1Cc1noc(C2CCCCCN2)n1. The molecular formula is C15H17Cl2N3O. The van der Waals surface area contributed by atoms with Gasteiger partial charge in [-0.1, -0.05) is 47.3 Å². The number of hydrogen-bond acceptors (Lipinski definition) is 4. The fourth-order valence-electron chi connectivity index (χ4n) is 2.58. The summed E-state index contributed by atoms with van der Waals surface area (Å²) in [4.78, 5) is 4.50. The minimum Gasteiger partial charge on any atom is -0.338 e. The zero-order chi connectivity index (χ0) is 14.7. The van der Waals surface area contributed by atoms with E-state index in [1.165, 1.54) is 19.3 Å². The molecule has 0 bridgehead atoms. The third-order valence-corrected chi connectivity index (χ3v) is 4.45. The van der Waals surface area contributed by atoms with Gasteiger partial charge >= 0.3 is 0 Å². The van der Waals surface area contributed by atoms with Gasteiger partial charge in [0.2, 0.25) is 5.89 Å². The Kier molecular flexibility index (Phi) is 4.78. The van der Waals surface area contributed by atoms with E-state index in [1.807, 2.05) is 18.2 Å². The van der Waals surface area contributed by atoms with E-state index in [-0.39, 0.29) is 6.04 Å². The summed E-state index contributed by atoms with van der Waals surface area (Å²) >= 11 is 12.3. The molecule has 1 aliphatic heterocycles. The van der Waals surface area contributed by atoms with Crippen LogP contribution >= 0.6 is 23.2 Å². The number of hydrogen-bond donors (Lipinski definition) is 1. The predicted molar refractivity (Wildman–Crippen MR) is 82.8 cm³/mol. The van der Waals surface area contributed by atoms with Gasteiger partial charge in [0, 0.05) is 16.5 Å². The number of rotatable bonds is 3. The van der Waals surface area contributed by atoms with Crippen LogP contribution in [0, 0.1) is 0 Å². The van der Waals surface area contributed by atoms with E-state index in [0.29, 0.717) is 28.2 Å². The van der Waals surface area contributed by atoms with Crippen LogP contribution in [0.5, 0.6) is 0 Å². The van der Waals surface area contributed by atoms with E-state index >= 15 is 0 Å². The third kappa shape index (κ3) is 3.57. The summed E-state index contributed by atoms with van der Waals surface area (Å²) in [6, 6.07) is 5.62. The van der Waals surface area contributed by atoms with Crippen LogP contribution in [0.3, 0.4) is 0 Å². The molecule has 6 heteroatoms. The molecule has 0 spiro atoms. The molecule has 4 nitrogen and oxygen atoms in total. The van der Waals surface area contributed by atoms with Crippen molar-refractivity contribution in [2.24, 2.45) is 0 Å². The lowest BCUT2D eigenvalue weighted by molar-refractivity contribution is 0.325. The molecular weight excluding hydrogens is 309 g/mol. The maximum Gasteiger partial charge on any atom is 0.243 e. The molecule has 1 unspecified atom stereocenters. The quantitative estimate of drug-likeness (QED) is 0.920. The average Bonchev–Trinajstić information content (AvgIpc) is 2.76. The Labute approximate surface area is 133 Å². The number of benzene rings is 1. The maximum absolute atomic E-state index is 6.17. The van der Waals surface area contributed by atoms with Crippen molar-refractivity contribution < 1.29 is 4.52 Å². The highest BCUT2D eigenvalue weighted by atomic mass is 35.5. The van der Waals surface area contributed by atoms with Crippen LogP contribution in [-0.2, 0) is 6.42 Å². The topological polar surface area (TPSA) is 51.0 Å². The average molecular weight is 326 g/mol. The molecule has 0 amide bonds. The monoisotopic (exact) mass is 325 g/mol. The molecule has 1 saturated heterocycles. The fraction of sp³-hybridized carbons (Fsp3) is 0.467. The van der Waals surface area contributed by atoms with Crippen molar-refractivity contribution in [2.45, 2.75) is 38.1 Å². The first-order valence-electron chi connectivity index (χ1n) is 7.23. The van der Waals surface area contributed by atoms with Gasteiger partial charge in [0.05, 0.1) is 6.04 Å². The lowest BCUT2D eigenvalue weighted by Crippen LogP contribution is -2.20. The molecule has 0 aliphatic carbocycles. The predicted octanol–water partition coefficient (Wildman–Crippen LogP) is 4.17. The summed E-state index contributed by atoms with van der Waals surface area (Å²) in [7, 11) is 0. The number of nitrogens with zero attached hydrogens (tertiary/aromatic N) is 2. The van der Waals surface area contributed by atoms with Crippen LogP contribution in [0.25, 0.3) is 0 Å². The van der Waals surface area contributed by atoms with Crippen LogP contribution in [0.15, 0.2) is 22.7 Å². The van der Waals surface area contributed by atoms with E-state index in [9.17, 15) is 0 Å². The second kappa shape index (κ2) is 6.77. The Morgan fingerprint density at radius 2 is 2.00 bits per heavy atom. The molecule has 112 valence electrons. The molecule has 0 saturated carbocycles. The van der Waals surface area contributed by atoms with Gasteiger partial charge in [-0.05, 0) is 37.1 Å². The molecule has 1 fully saturated rings. The first kappa shape index (κ1) is 14.8. The van der Waals surface area contributed by atoms with Gasteiger partial charge in [-0.3, -0.25) is 0 Å². The smallest absolute Gasteiger partial charge is 0.243 e. The molecule has 21 heavy (non-hydrogen) atoms. The largest absolute Gasteiger partial charge is 0.338 e. The van der Waals surface area contributed by atoms with Crippen LogP contribution in [-0.4, -0.2) is 16.7 Å². The molecule has 1 atom stereocenters. The summed E-state index contributed by atoms with van der Waals surface area (Å²) in [6.07, 6.45) is 5.15. The number of aromatic nitrogens is 2. The van der Waals surface area contributed by atoms with Crippen molar-refractivity contribution >= 4 is 23.2 Å². The van der Waals surface area contributed by atoms with Gasteiger partial charge in [0.25, 0.3) is 0 Å². The van der Waals surface area contributed by atoms with Gasteiger partial charge in [0.15, 0.2) is 5.82 Å². The number of nitrogens with one attached hydrogen (secondary N) is 1. The molecule has 1 aromatic carbocycles. The second-order valence-corrected chi connectivity index (χ2v) is 6.10. The van der Waals surface area contributed by atoms with Gasteiger partial charge in [0.1, 0.15) is 0 Å². The molecule has 1 aromatic heterocycles. The minimum absolute atomic E-state index is 0.162. The van der Waals surface area contributed by atoms with E-state index < -0.39 is 0 Å². The van der Waals surface area contributed by atoms with Crippen molar-refractivity contribution in [1.29, 1.82) is 0 Å².